The third-order valence-electron chi connectivity index (χ3n) is 3.82. The summed E-state index contributed by atoms with van der Waals surface area (Å²) in [5.74, 6) is 1.87. The van der Waals surface area contributed by atoms with Gasteiger partial charge in [-0.2, -0.15) is 0 Å². The molecule has 0 atom stereocenters. The molecule has 1 aromatic rings. The van der Waals surface area contributed by atoms with E-state index in [2.05, 4.69) is 10.2 Å². The van der Waals surface area contributed by atoms with Gasteiger partial charge < -0.3 is 14.2 Å². The van der Waals surface area contributed by atoms with E-state index in [9.17, 15) is 4.79 Å². The monoisotopic (exact) mass is 250 g/mol. The average Bonchev–Trinajstić information content (AvgIpc) is 2.85. The van der Waals surface area contributed by atoms with Crippen LogP contribution in [0.4, 0.5) is 0 Å². The van der Waals surface area contributed by atoms with Gasteiger partial charge in [0.2, 0.25) is 5.82 Å². The second-order valence-corrected chi connectivity index (χ2v) is 4.80. The van der Waals surface area contributed by atoms with Crippen LogP contribution in [0, 0.1) is 0 Å². The molecule has 0 aliphatic carbocycles. The number of hydrogen-bond donors (Lipinski definition) is 0. The Balaban J connectivity index is 1.89. The summed E-state index contributed by atoms with van der Waals surface area (Å²) in [6.45, 7) is 5.86. The predicted octanol–water partition coefficient (Wildman–Crippen LogP) is 0.648. The predicted molar refractivity (Wildman–Crippen MR) is 64.4 cm³/mol. The van der Waals surface area contributed by atoms with Crippen molar-refractivity contribution in [1.82, 2.24) is 19.7 Å². The summed E-state index contributed by atoms with van der Waals surface area (Å²) in [6, 6.07) is 0. The maximum Gasteiger partial charge on any atom is 0.291 e. The molecule has 0 spiro atoms. The molecule has 6 nitrogen and oxygen atoms in total. The molecule has 1 amide bonds. The summed E-state index contributed by atoms with van der Waals surface area (Å²) >= 11 is 0. The minimum atomic E-state index is 0.00885. The molecule has 0 bridgehead atoms. The van der Waals surface area contributed by atoms with E-state index in [1.807, 2.05) is 16.4 Å². The molecular weight excluding hydrogens is 232 g/mol. The zero-order valence-corrected chi connectivity index (χ0v) is 10.6. The van der Waals surface area contributed by atoms with Gasteiger partial charge >= 0.3 is 0 Å². The van der Waals surface area contributed by atoms with Gasteiger partial charge in [0.25, 0.3) is 5.91 Å². The van der Waals surface area contributed by atoms with E-state index in [-0.39, 0.29) is 5.91 Å². The maximum absolute atomic E-state index is 12.1. The minimum Gasteiger partial charge on any atom is -0.381 e. The van der Waals surface area contributed by atoms with Gasteiger partial charge in [-0.3, -0.25) is 4.79 Å². The summed E-state index contributed by atoms with van der Waals surface area (Å²) < 4.78 is 7.37. The Morgan fingerprint density at radius 1 is 1.28 bits per heavy atom. The molecular formula is C12H18N4O2. The van der Waals surface area contributed by atoms with Crippen LogP contribution in [0.5, 0.6) is 0 Å². The Hall–Kier alpha value is -1.43. The number of nitrogens with zero attached hydrogens (tertiary/aromatic N) is 4. The molecule has 3 rings (SSSR count). The van der Waals surface area contributed by atoms with Crippen LogP contribution in [0.3, 0.4) is 0 Å². The van der Waals surface area contributed by atoms with Crippen molar-refractivity contribution in [2.45, 2.75) is 32.2 Å². The number of carbonyl (C=O) groups excluding carboxylic acids is 1. The first kappa shape index (κ1) is 11.6. The van der Waals surface area contributed by atoms with E-state index in [0.717, 1.165) is 51.5 Å². The average molecular weight is 250 g/mol. The lowest BCUT2D eigenvalue weighted by molar-refractivity contribution is 0.0695. The van der Waals surface area contributed by atoms with E-state index in [1.165, 1.54) is 0 Å². The smallest absolute Gasteiger partial charge is 0.291 e. The van der Waals surface area contributed by atoms with Gasteiger partial charge in [-0.1, -0.05) is 0 Å². The standard InChI is InChI=1S/C12H18N4O2/c1-2-15-5-6-16-10(9-3-7-18-8-4-9)13-14-11(16)12(15)17/h9H,2-8H2,1H3. The molecule has 1 fully saturated rings. The van der Waals surface area contributed by atoms with E-state index >= 15 is 0 Å². The maximum atomic E-state index is 12.1. The molecule has 0 N–H and O–H groups in total. The van der Waals surface area contributed by atoms with Crippen LogP contribution in [-0.4, -0.2) is 51.9 Å². The first-order valence-corrected chi connectivity index (χ1v) is 6.61. The Morgan fingerprint density at radius 3 is 2.78 bits per heavy atom. The van der Waals surface area contributed by atoms with E-state index in [0.29, 0.717) is 11.7 Å². The number of amides is 1. The van der Waals surface area contributed by atoms with Crippen LogP contribution in [-0.2, 0) is 11.3 Å². The van der Waals surface area contributed by atoms with Crippen molar-refractivity contribution in [2.75, 3.05) is 26.3 Å². The van der Waals surface area contributed by atoms with Crippen molar-refractivity contribution < 1.29 is 9.53 Å². The SMILES string of the molecule is CCN1CCn2c(nnc2C2CCOCC2)C1=O. The highest BCUT2D eigenvalue weighted by atomic mass is 16.5. The zero-order chi connectivity index (χ0) is 12.5. The Kier molecular flexibility index (Phi) is 3.03. The molecule has 0 aromatic carbocycles. The van der Waals surface area contributed by atoms with Crippen molar-refractivity contribution in [2.24, 2.45) is 0 Å². The van der Waals surface area contributed by atoms with Gasteiger partial charge in [-0.25, -0.2) is 0 Å². The lowest BCUT2D eigenvalue weighted by atomic mass is 9.99. The third-order valence-corrected chi connectivity index (χ3v) is 3.82. The molecule has 3 heterocycles. The number of rotatable bonds is 2. The normalized spacial score (nSPS) is 21.2. The van der Waals surface area contributed by atoms with Crippen LogP contribution in [0.2, 0.25) is 0 Å². The number of fused-ring (bicyclic) bond motifs is 1. The lowest BCUT2D eigenvalue weighted by Gasteiger charge is -2.28. The molecule has 0 radical (unpaired) electrons. The fourth-order valence-corrected chi connectivity index (χ4v) is 2.72. The van der Waals surface area contributed by atoms with Crippen LogP contribution in [0.15, 0.2) is 0 Å². The minimum absolute atomic E-state index is 0.00885. The summed E-state index contributed by atoms with van der Waals surface area (Å²) in [4.78, 5) is 13.9. The Labute approximate surface area is 106 Å². The van der Waals surface area contributed by atoms with Crippen LogP contribution in [0.25, 0.3) is 0 Å². The molecule has 6 heteroatoms. The molecule has 98 valence electrons. The summed E-state index contributed by atoms with van der Waals surface area (Å²) in [5, 5.41) is 8.34. The summed E-state index contributed by atoms with van der Waals surface area (Å²) in [7, 11) is 0. The van der Waals surface area contributed by atoms with E-state index in [4.69, 9.17) is 4.74 Å². The Bertz CT molecular complexity index is 451. The molecule has 0 unspecified atom stereocenters. The van der Waals surface area contributed by atoms with Gasteiger partial charge in [-0.05, 0) is 19.8 Å². The molecule has 2 aliphatic heterocycles. The molecule has 2 aliphatic rings. The topological polar surface area (TPSA) is 60.3 Å². The highest BCUT2D eigenvalue weighted by Gasteiger charge is 2.31. The van der Waals surface area contributed by atoms with Crippen molar-refractivity contribution in [3.63, 3.8) is 0 Å². The first-order chi connectivity index (χ1) is 8.81. The number of hydrogen-bond acceptors (Lipinski definition) is 4. The second kappa shape index (κ2) is 4.68. The van der Waals surface area contributed by atoms with E-state index < -0.39 is 0 Å². The van der Waals surface area contributed by atoms with Crippen molar-refractivity contribution in [3.8, 4) is 0 Å². The van der Waals surface area contributed by atoms with Crippen molar-refractivity contribution >= 4 is 5.91 Å². The number of aromatic nitrogens is 3. The largest absolute Gasteiger partial charge is 0.381 e. The lowest BCUT2D eigenvalue weighted by Crippen LogP contribution is -2.40. The van der Waals surface area contributed by atoms with Gasteiger partial charge in [0.15, 0.2) is 0 Å². The van der Waals surface area contributed by atoms with Crippen molar-refractivity contribution in [1.29, 1.82) is 0 Å². The quantitative estimate of drug-likeness (QED) is 0.773. The number of ether oxygens (including phenoxy) is 1. The van der Waals surface area contributed by atoms with Gasteiger partial charge in [0, 0.05) is 38.8 Å². The third kappa shape index (κ3) is 1.80. The second-order valence-electron chi connectivity index (χ2n) is 4.80. The van der Waals surface area contributed by atoms with Gasteiger partial charge in [0.1, 0.15) is 5.82 Å². The first-order valence-electron chi connectivity index (χ1n) is 6.61. The van der Waals surface area contributed by atoms with Crippen molar-refractivity contribution in [3.05, 3.63) is 11.6 Å². The van der Waals surface area contributed by atoms with Crippen LogP contribution >= 0.6 is 0 Å². The number of carbonyl (C=O) groups is 1. The number of likely N-dealkylation sites (N-methyl/N-ethyl adjacent to an activating group) is 1. The molecule has 0 saturated carbocycles. The zero-order valence-electron chi connectivity index (χ0n) is 10.6. The summed E-state index contributed by atoms with van der Waals surface area (Å²) in [5.41, 5.74) is 0. The van der Waals surface area contributed by atoms with Crippen LogP contribution < -0.4 is 0 Å². The van der Waals surface area contributed by atoms with Gasteiger partial charge in [-0.15, -0.1) is 10.2 Å². The molecule has 1 aromatic heterocycles. The fourth-order valence-electron chi connectivity index (χ4n) is 2.72. The molecule has 1 saturated heterocycles. The van der Waals surface area contributed by atoms with Gasteiger partial charge in [0.05, 0.1) is 0 Å². The molecule has 18 heavy (non-hydrogen) atoms. The highest BCUT2D eigenvalue weighted by Crippen LogP contribution is 2.27. The van der Waals surface area contributed by atoms with E-state index in [1.54, 1.807) is 0 Å². The Morgan fingerprint density at radius 2 is 2.06 bits per heavy atom. The highest BCUT2D eigenvalue weighted by molar-refractivity contribution is 5.91. The summed E-state index contributed by atoms with van der Waals surface area (Å²) in [6.07, 6.45) is 1.95. The fraction of sp³-hybridized carbons (Fsp3) is 0.750. The van der Waals surface area contributed by atoms with Crippen LogP contribution in [0.1, 0.15) is 42.1 Å².